The topological polar surface area (TPSA) is 99.8 Å². The van der Waals surface area contributed by atoms with Crippen molar-refractivity contribution in [3.05, 3.63) is 52.4 Å². The number of carboxylic acids is 1. The summed E-state index contributed by atoms with van der Waals surface area (Å²) >= 11 is 6.22. The van der Waals surface area contributed by atoms with E-state index in [1.807, 2.05) is 0 Å². The molecule has 1 aliphatic rings. The molecule has 1 aromatic carbocycles. The highest BCUT2D eigenvalue weighted by atomic mass is 35.5. The summed E-state index contributed by atoms with van der Waals surface area (Å²) in [6.07, 6.45) is 4.08. The van der Waals surface area contributed by atoms with Gasteiger partial charge in [-0.25, -0.2) is 4.79 Å². The normalized spacial score (nSPS) is 14.1. The zero-order chi connectivity index (χ0) is 18.7. The third-order valence-electron chi connectivity index (χ3n) is 4.17. The highest BCUT2D eigenvalue weighted by Gasteiger charge is 2.21. The Morgan fingerprint density at radius 2 is 1.85 bits per heavy atom. The minimum Gasteiger partial charge on any atom is -0.478 e. The van der Waals surface area contributed by atoms with Crippen molar-refractivity contribution in [1.82, 2.24) is 4.90 Å². The van der Waals surface area contributed by atoms with Gasteiger partial charge in [0.25, 0.3) is 11.8 Å². The third kappa shape index (κ3) is 3.88. The Kier molecular flexibility index (Phi) is 5.27. The van der Waals surface area contributed by atoms with Crippen LogP contribution in [-0.2, 0) is 0 Å². The lowest BCUT2D eigenvalue weighted by Crippen LogP contribution is -2.35. The number of aromatic carboxylic acids is 1. The second kappa shape index (κ2) is 7.61. The average Bonchev–Trinajstić information content (AvgIpc) is 3.13. The number of halogens is 1. The maximum Gasteiger partial charge on any atom is 0.338 e. The number of anilines is 1. The second-order valence-electron chi connectivity index (χ2n) is 6.01. The minimum absolute atomic E-state index is 0.115. The number of likely N-dealkylation sites (tertiary alicyclic amines) is 1. The SMILES string of the molecule is O=C(O)c1coc(C(=O)Nc2ccc(C(=O)N3CCCCC3)c(Cl)c2)c1. The molecule has 0 spiro atoms. The van der Waals surface area contributed by atoms with Gasteiger partial charge in [-0.1, -0.05) is 11.6 Å². The summed E-state index contributed by atoms with van der Waals surface area (Å²) in [6, 6.07) is 5.76. The fourth-order valence-electron chi connectivity index (χ4n) is 2.79. The molecule has 136 valence electrons. The van der Waals surface area contributed by atoms with E-state index in [1.54, 1.807) is 17.0 Å². The zero-order valence-electron chi connectivity index (χ0n) is 13.8. The number of amides is 2. The predicted molar refractivity (Wildman–Crippen MR) is 94.8 cm³/mol. The molecule has 2 aromatic rings. The first-order chi connectivity index (χ1) is 12.5. The Labute approximate surface area is 154 Å². The van der Waals surface area contributed by atoms with Gasteiger partial charge in [0.05, 0.1) is 16.1 Å². The van der Waals surface area contributed by atoms with Crippen LogP contribution in [0.25, 0.3) is 0 Å². The molecule has 8 heteroatoms. The van der Waals surface area contributed by atoms with E-state index in [-0.39, 0.29) is 22.3 Å². The van der Waals surface area contributed by atoms with Gasteiger partial charge in [0.15, 0.2) is 5.76 Å². The van der Waals surface area contributed by atoms with Gasteiger partial charge in [-0.2, -0.15) is 0 Å². The largest absolute Gasteiger partial charge is 0.478 e. The van der Waals surface area contributed by atoms with Gasteiger partial charge in [0.1, 0.15) is 6.26 Å². The maximum atomic E-state index is 12.5. The highest BCUT2D eigenvalue weighted by molar-refractivity contribution is 6.34. The van der Waals surface area contributed by atoms with Crippen molar-refractivity contribution in [3.8, 4) is 0 Å². The van der Waals surface area contributed by atoms with Gasteiger partial charge >= 0.3 is 5.97 Å². The van der Waals surface area contributed by atoms with Crippen molar-refractivity contribution in [2.24, 2.45) is 0 Å². The van der Waals surface area contributed by atoms with Gasteiger partial charge in [-0.3, -0.25) is 9.59 Å². The number of hydrogen-bond donors (Lipinski definition) is 2. The lowest BCUT2D eigenvalue weighted by molar-refractivity contribution is 0.0693. The van der Waals surface area contributed by atoms with E-state index in [1.165, 1.54) is 6.07 Å². The molecule has 2 heterocycles. The number of carboxylic acid groups (broad SMARTS) is 1. The van der Waals surface area contributed by atoms with Crippen LogP contribution in [0.1, 0.15) is 50.5 Å². The van der Waals surface area contributed by atoms with Crippen molar-refractivity contribution < 1.29 is 23.9 Å². The van der Waals surface area contributed by atoms with Crippen LogP contribution in [0, 0.1) is 0 Å². The van der Waals surface area contributed by atoms with Crippen molar-refractivity contribution >= 4 is 35.1 Å². The summed E-state index contributed by atoms with van der Waals surface area (Å²) in [5.41, 5.74) is 0.650. The number of carbonyl (C=O) groups is 3. The molecule has 3 rings (SSSR count). The molecule has 0 aliphatic carbocycles. The lowest BCUT2D eigenvalue weighted by atomic mass is 10.1. The van der Waals surface area contributed by atoms with Gasteiger partial charge in [-0.05, 0) is 37.5 Å². The van der Waals surface area contributed by atoms with Gasteiger partial charge in [0, 0.05) is 24.8 Å². The molecule has 1 fully saturated rings. The van der Waals surface area contributed by atoms with E-state index < -0.39 is 11.9 Å². The Balaban J connectivity index is 1.71. The Morgan fingerprint density at radius 1 is 1.12 bits per heavy atom. The number of hydrogen-bond acceptors (Lipinski definition) is 4. The number of nitrogens with zero attached hydrogens (tertiary/aromatic N) is 1. The highest BCUT2D eigenvalue weighted by Crippen LogP contribution is 2.24. The van der Waals surface area contributed by atoms with E-state index in [2.05, 4.69) is 5.32 Å². The molecule has 0 radical (unpaired) electrons. The maximum absolute atomic E-state index is 12.5. The predicted octanol–water partition coefficient (Wildman–Crippen LogP) is 3.51. The molecule has 1 aliphatic heterocycles. The van der Waals surface area contributed by atoms with E-state index >= 15 is 0 Å². The standard InChI is InChI=1S/C18H17ClN2O5/c19-14-9-12(20-16(22)15-8-11(10-26-15)18(24)25)4-5-13(14)17(23)21-6-2-1-3-7-21/h4-5,8-10H,1-3,6-7H2,(H,20,22)(H,24,25). The van der Waals surface area contributed by atoms with Crippen molar-refractivity contribution in [2.75, 3.05) is 18.4 Å². The summed E-state index contributed by atoms with van der Waals surface area (Å²) in [6.45, 7) is 1.44. The summed E-state index contributed by atoms with van der Waals surface area (Å²) in [4.78, 5) is 37.2. The van der Waals surface area contributed by atoms with Gasteiger partial charge in [0.2, 0.25) is 0 Å². The van der Waals surface area contributed by atoms with Gasteiger partial charge in [-0.15, -0.1) is 0 Å². The molecule has 26 heavy (non-hydrogen) atoms. The summed E-state index contributed by atoms with van der Waals surface area (Å²) in [5, 5.41) is 11.7. The lowest BCUT2D eigenvalue weighted by Gasteiger charge is -2.27. The van der Waals surface area contributed by atoms with Crippen LogP contribution >= 0.6 is 11.6 Å². The average molecular weight is 377 g/mol. The smallest absolute Gasteiger partial charge is 0.338 e. The number of rotatable bonds is 4. The Bertz CT molecular complexity index is 855. The number of nitrogens with one attached hydrogen (secondary N) is 1. The number of carbonyl (C=O) groups excluding carboxylic acids is 2. The summed E-state index contributed by atoms with van der Waals surface area (Å²) in [7, 11) is 0. The molecule has 2 N–H and O–H groups in total. The Hall–Kier alpha value is -2.80. The number of piperidine rings is 1. The summed E-state index contributed by atoms with van der Waals surface area (Å²) < 4.78 is 4.94. The summed E-state index contributed by atoms with van der Waals surface area (Å²) in [5.74, 6) is -2.04. The molecular weight excluding hydrogens is 360 g/mol. The molecule has 0 saturated carbocycles. The van der Waals surface area contributed by atoms with Crippen LogP contribution in [0.15, 0.2) is 34.9 Å². The molecule has 0 unspecified atom stereocenters. The monoisotopic (exact) mass is 376 g/mol. The van der Waals surface area contributed by atoms with Crippen LogP contribution in [0.3, 0.4) is 0 Å². The first-order valence-electron chi connectivity index (χ1n) is 8.17. The second-order valence-corrected chi connectivity index (χ2v) is 6.41. The van der Waals surface area contributed by atoms with Crippen LogP contribution in [0.4, 0.5) is 5.69 Å². The van der Waals surface area contributed by atoms with Crippen LogP contribution in [0.5, 0.6) is 0 Å². The molecule has 0 bridgehead atoms. The fraction of sp³-hybridized carbons (Fsp3) is 0.278. The molecule has 1 saturated heterocycles. The van der Waals surface area contributed by atoms with Gasteiger partial charge < -0.3 is 19.7 Å². The molecule has 1 aromatic heterocycles. The van der Waals surface area contributed by atoms with Crippen LogP contribution in [0.2, 0.25) is 5.02 Å². The number of furan rings is 1. The van der Waals surface area contributed by atoms with E-state index in [0.717, 1.165) is 44.7 Å². The quantitative estimate of drug-likeness (QED) is 0.850. The third-order valence-corrected chi connectivity index (χ3v) is 4.48. The Morgan fingerprint density at radius 3 is 2.46 bits per heavy atom. The van der Waals surface area contributed by atoms with Crippen LogP contribution in [-0.4, -0.2) is 40.9 Å². The van der Waals surface area contributed by atoms with Crippen molar-refractivity contribution in [1.29, 1.82) is 0 Å². The minimum atomic E-state index is -1.18. The molecule has 0 atom stereocenters. The fourth-order valence-corrected chi connectivity index (χ4v) is 3.06. The van der Waals surface area contributed by atoms with E-state index in [0.29, 0.717) is 11.3 Å². The number of benzene rings is 1. The zero-order valence-corrected chi connectivity index (χ0v) is 14.6. The molecule has 2 amide bonds. The van der Waals surface area contributed by atoms with E-state index in [9.17, 15) is 14.4 Å². The molecule has 7 nitrogen and oxygen atoms in total. The van der Waals surface area contributed by atoms with Crippen LogP contribution < -0.4 is 5.32 Å². The first kappa shape index (κ1) is 18.0. The van der Waals surface area contributed by atoms with Crippen molar-refractivity contribution in [2.45, 2.75) is 19.3 Å². The van der Waals surface area contributed by atoms with E-state index in [4.69, 9.17) is 21.1 Å². The van der Waals surface area contributed by atoms with Crippen molar-refractivity contribution in [3.63, 3.8) is 0 Å². The molecular formula is C18H17ClN2O5. The first-order valence-corrected chi connectivity index (χ1v) is 8.55.